The third-order valence-corrected chi connectivity index (χ3v) is 3.39. The number of benzene rings is 1. The van der Waals surface area contributed by atoms with E-state index in [1.54, 1.807) is 0 Å². The molecule has 2 aromatic heterocycles. The number of ether oxygens (including phenoxy) is 2. The molecule has 0 saturated heterocycles. The van der Waals surface area contributed by atoms with Crippen molar-refractivity contribution in [1.29, 1.82) is 0 Å². The van der Waals surface area contributed by atoms with E-state index in [0.29, 0.717) is 11.5 Å². The molecule has 0 atom stereocenters. The zero-order valence-corrected chi connectivity index (χ0v) is 12.3. The molecule has 0 aliphatic carbocycles. The van der Waals surface area contributed by atoms with Gasteiger partial charge in [0.1, 0.15) is 0 Å². The fraction of sp³-hybridized carbons (Fsp3) is 0.0769. The first-order chi connectivity index (χ1) is 12.1. The topological polar surface area (TPSA) is 160 Å². The van der Waals surface area contributed by atoms with Crippen molar-refractivity contribution < 1.29 is 14.4 Å². The van der Waals surface area contributed by atoms with Crippen molar-refractivity contribution in [3.63, 3.8) is 0 Å². The third-order valence-electron chi connectivity index (χ3n) is 3.39. The summed E-state index contributed by atoms with van der Waals surface area (Å²) in [5.41, 5.74) is 2.63. The molecule has 12 nitrogen and oxygen atoms in total. The van der Waals surface area contributed by atoms with Gasteiger partial charge in [-0.05, 0) is 6.07 Å². The average Bonchev–Trinajstić information content (AvgIpc) is 3.20. The molecule has 12 heteroatoms. The highest BCUT2D eigenvalue weighted by Gasteiger charge is 2.22. The van der Waals surface area contributed by atoms with Gasteiger partial charge >= 0.3 is 0 Å². The maximum absolute atomic E-state index is 11.6. The Morgan fingerprint density at radius 3 is 2.92 bits per heavy atom. The van der Waals surface area contributed by atoms with Crippen molar-refractivity contribution in [3.8, 4) is 11.5 Å². The number of imidazole rings is 1. The Labute approximate surface area is 137 Å². The number of hydrazone groups is 1. The molecule has 0 spiro atoms. The van der Waals surface area contributed by atoms with Crippen LogP contribution in [-0.4, -0.2) is 37.9 Å². The van der Waals surface area contributed by atoms with E-state index in [9.17, 15) is 14.9 Å². The Morgan fingerprint density at radius 2 is 2.16 bits per heavy atom. The molecule has 25 heavy (non-hydrogen) atoms. The molecule has 0 bridgehead atoms. The van der Waals surface area contributed by atoms with Crippen molar-refractivity contribution >= 4 is 29.0 Å². The van der Waals surface area contributed by atoms with Gasteiger partial charge in [-0.15, -0.1) is 0 Å². The van der Waals surface area contributed by atoms with Crippen LogP contribution in [0.2, 0.25) is 0 Å². The summed E-state index contributed by atoms with van der Waals surface area (Å²) < 4.78 is 10.3. The summed E-state index contributed by atoms with van der Waals surface area (Å²) >= 11 is 0. The maximum atomic E-state index is 11.6. The van der Waals surface area contributed by atoms with Gasteiger partial charge in [0.05, 0.1) is 29.1 Å². The lowest BCUT2D eigenvalue weighted by Gasteiger charge is -2.00. The number of anilines is 1. The minimum atomic E-state index is -0.548. The van der Waals surface area contributed by atoms with Gasteiger partial charge in [0, 0.05) is 0 Å². The highest BCUT2D eigenvalue weighted by molar-refractivity contribution is 5.87. The lowest BCUT2D eigenvalue weighted by Crippen LogP contribution is -2.05. The van der Waals surface area contributed by atoms with Crippen LogP contribution in [0.1, 0.15) is 5.56 Å². The van der Waals surface area contributed by atoms with Crippen LogP contribution < -0.4 is 20.5 Å². The van der Waals surface area contributed by atoms with Crippen LogP contribution in [0.5, 0.6) is 11.5 Å². The average molecular weight is 343 g/mol. The Balaban J connectivity index is 1.62. The van der Waals surface area contributed by atoms with Gasteiger partial charge in [-0.3, -0.25) is 14.9 Å². The number of aromatic amines is 2. The number of hydrogen-bond donors (Lipinski definition) is 3. The number of rotatable bonds is 4. The van der Waals surface area contributed by atoms with Crippen molar-refractivity contribution in [2.24, 2.45) is 5.10 Å². The zero-order valence-electron chi connectivity index (χ0n) is 12.3. The molecule has 4 rings (SSSR count). The molecule has 3 heterocycles. The van der Waals surface area contributed by atoms with E-state index < -0.39 is 4.92 Å². The lowest BCUT2D eigenvalue weighted by molar-refractivity contribution is -0.385. The molecule has 126 valence electrons. The van der Waals surface area contributed by atoms with Crippen LogP contribution in [0.15, 0.2) is 28.4 Å². The number of hydrogen-bond acceptors (Lipinski definition) is 9. The predicted molar refractivity (Wildman–Crippen MR) is 84.9 cm³/mol. The molecule has 1 aliphatic rings. The van der Waals surface area contributed by atoms with Crippen molar-refractivity contribution in [1.82, 2.24) is 19.9 Å². The Kier molecular flexibility index (Phi) is 3.27. The molecule has 0 saturated carbocycles. The fourth-order valence-electron chi connectivity index (χ4n) is 2.26. The molecule has 0 fully saturated rings. The second kappa shape index (κ2) is 5.59. The number of nitro groups is 1. The molecular formula is C13H9N7O5. The Bertz CT molecular complexity index is 1070. The zero-order chi connectivity index (χ0) is 17.4. The lowest BCUT2D eigenvalue weighted by atomic mass is 10.1. The number of fused-ring (bicyclic) bond motifs is 2. The van der Waals surface area contributed by atoms with E-state index in [0.717, 1.165) is 0 Å². The van der Waals surface area contributed by atoms with E-state index in [-0.39, 0.29) is 40.7 Å². The van der Waals surface area contributed by atoms with Crippen molar-refractivity contribution in [3.05, 3.63) is 44.5 Å². The minimum absolute atomic E-state index is 0.00582. The van der Waals surface area contributed by atoms with Gasteiger partial charge in [-0.1, -0.05) is 0 Å². The predicted octanol–water partition coefficient (Wildman–Crippen LogP) is 0.729. The van der Waals surface area contributed by atoms with Crippen LogP contribution in [0, 0.1) is 10.1 Å². The summed E-state index contributed by atoms with van der Waals surface area (Å²) in [5, 5.41) is 15.1. The number of H-pyrrole nitrogens is 2. The first-order valence-corrected chi connectivity index (χ1v) is 6.92. The van der Waals surface area contributed by atoms with Crippen molar-refractivity contribution in [2.75, 3.05) is 12.2 Å². The van der Waals surface area contributed by atoms with Crippen LogP contribution in [0.4, 0.5) is 11.6 Å². The van der Waals surface area contributed by atoms with Gasteiger partial charge in [-0.2, -0.15) is 10.1 Å². The number of nitrogens with one attached hydrogen (secondary N) is 3. The van der Waals surface area contributed by atoms with E-state index in [2.05, 4.69) is 30.5 Å². The Morgan fingerprint density at radius 1 is 1.36 bits per heavy atom. The van der Waals surface area contributed by atoms with Crippen LogP contribution in [0.25, 0.3) is 11.2 Å². The Hall–Kier alpha value is -3.96. The highest BCUT2D eigenvalue weighted by Crippen LogP contribution is 2.37. The van der Waals surface area contributed by atoms with E-state index in [1.165, 1.54) is 24.7 Å². The fourth-order valence-corrected chi connectivity index (χ4v) is 2.26. The minimum Gasteiger partial charge on any atom is -0.454 e. The monoisotopic (exact) mass is 343 g/mol. The second-order valence-electron chi connectivity index (χ2n) is 4.91. The van der Waals surface area contributed by atoms with E-state index in [4.69, 9.17) is 9.47 Å². The molecule has 0 unspecified atom stereocenters. The SMILES string of the molecule is O=c1[nH]cnc2nc(N/N=C\c3cc4c(cc3[N+](=O)[O-])OCO4)[nH]c12. The summed E-state index contributed by atoms with van der Waals surface area (Å²) in [4.78, 5) is 35.2. The maximum Gasteiger partial charge on any atom is 0.282 e. The summed E-state index contributed by atoms with van der Waals surface area (Å²) in [6.45, 7) is 0.00582. The standard InChI is InChI=1S/C13H9N7O5/c21-12-10-11(14-4-15-12)18-13(17-10)19-16-3-6-1-8-9(25-5-24-8)2-7(6)20(22)23/h1-4H,5H2,(H3,14,15,17,18,19,21)/b16-3-. The summed E-state index contributed by atoms with van der Waals surface area (Å²) in [7, 11) is 0. The van der Waals surface area contributed by atoms with Gasteiger partial charge < -0.3 is 19.4 Å². The molecule has 0 radical (unpaired) electrons. The van der Waals surface area contributed by atoms with Crippen LogP contribution >= 0.6 is 0 Å². The van der Waals surface area contributed by atoms with Gasteiger partial charge in [0.25, 0.3) is 11.2 Å². The van der Waals surface area contributed by atoms with Crippen molar-refractivity contribution in [2.45, 2.75) is 0 Å². The summed E-state index contributed by atoms with van der Waals surface area (Å²) in [6, 6.07) is 2.73. The van der Waals surface area contributed by atoms with Crippen LogP contribution in [-0.2, 0) is 0 Å². The first-order valence-electron chi connectivity index (χ1n) is 6.92. The third kappa shape index (κ3) is 2.60. The van der Waals surface area contributed by atoms with Crippen LogP contribution in [0.3, 0.4) is 0 Å². The quantitative estimate of drug-likeness (QED) is 0.355. The number of nitro benzene ring substituents is 1. The summed E-state index contributed by atoms with van der Waals surface area (Å²) in [6.07, 6.45) is 2.47. The first kappa shape index (κ1) is 14.6. The van der Waals surface area contributed by atoms with E-state index in [1.807, 2.05) is 0 Å². The van der Waals surface area contributed by atoms with Gasteiger partial charge in [0.15, 0.2) is 22.7 Å². The molecule has 3 N–H and O–H groups in total. The molecule has 3 aromatic rings. The molecule has 0 amide bonds. The number of aromatic nitrogens is 4. The molecular weight excluding hydrogens is 334 g/mol. The second-order valence-corrected chi connectivity index (χ2v) is 4.91. The number of nitrogens with zero attached hydrogens (tertiary/aromatic N) is 4. The smallest absolute Gasteiger partial charge is 0.282 e. The summed E-state index contributed by atoms with van der Waals surface area (Å²) in [5.74, 6) is 0.866. The van der Waals surface area contributed by atoms with E-state index >= 15 is 0 Å². The highest BCUT2D eigenvalue weighted by atomic mass is 16.7. The van der Waals surface area contributed by atoms with Gasteiger partial charge in [-0.25, -0.2) is 10.4 Å². The molecule has 1 aromatic carbocycles. The van der Waals surface area contributed by atoms with Gasteiger partial charge in [0.2, 0.25) is 12.7 Å². The normalized spacial score (nSPS) is 12.8. The largest absolute Gasteiger partial charge is 0.454 e. The molecule has 1 aliphatic heterocycles.